The zero-order valence-electron chi connectivity index (χ0n) is 19.7. The van der Waals surface area contributed by atoms with E-state index in [1.807, 2.05) is 31.2 Å². The summed E-state index contributed by atoms with van der Waals surface area (Å²) in [6, 6.07) is 13.1. The maximum absolute atomic E-state index is 13.0. The average Bonchev–Trinajstić information content (AvgIpc) is 2.89. The lowest BCUT2D eigenvalue weighted by Crippen LogP contribution is -2.37. The number of aryl methyl sites for hydroxylation is 2. The molecule has 12 heteroatoms. The fourth-order valence-corrected chi connectivity index (χ4v) is 4.36. The SMILES string of the molecule is CCc1ccc(NC(=O)CSc2nc(-c3ccc([N+](=O)[O-])cc3)nc3c2c(=O)n(C)c(=O)n3C)cc1. The smallest absolute Gasteiger partial charge is 0.325 e. The van der Waals surface area contributed by atoms with Gasteiger partial charge in [0.25, 0.3) is 11.2 Å². The molecule has 0 radical (unpaired) electrons. The quantitative estimate of drug-likeness (QED) is 0.174. The minimum Gasteiger partial charge on any atom is -0.325 e. The number of carbonyl (C=O) groups excluding carboxylic acids is 1. The van der Waals surface area contributed by atoms with Crippen LogP contribution in [0.3, 0.4) is 0 Å². The molecule has 0 aliphatic heterocycles. The molecule has 0 spiro atoms. The number of hydrogen-bond donors (Lipinski definition) is 1. The summed E-state index contributed by atoms with van der Waals surface area (Å²) in [5.74, 6) is -0.180. The lowest BCUT2D eigenvalue weighted by molar-refractivity contribution is -0.384. The van der Waals surface area contributed by atoms with E-state index in [4.69, 9.17) is 0 Å². The van der Waals surface area contributed by atoms with E-state index in [1.165, 1.54) is 42.9 Å². The number of hydrogen-bond acceptors (Lipinski definition) is 8. The Morgan fingerprint density at radius 2 is 1.69 bits per heavy atom. The van der Waals surface area contributed by atoms with Gasteiger partial charge < -0.3 is 5.32 Å². The van der Waals surface area contributed by atoms with Gasteiger partial charge in [0.1, 0.15) is 10.4 Å². The van der Waals surface area contributed by atoms with Crippen LogP contribution in [0.15, 0.2) is 63.1 Å². The second kappa shape index (κ2) is 10.1. The number of non-ortho nitro benzene ring substituents is 1. The van der Waals surface area contributed by atoms with Crippen molar-refractivity contribution in [1.29, 1.82) is 0 Å². The van der Waals surface area contributed by atoms with Crippen LogP contribution in [0, 0.1) is 10.1 Å². The van der Waals surface area contributed by atoms with Crippen molar-refractivity contribution >= 4 is 40.1 Å². The van der Waals surface area contributed by atoms with E-state index in [0.29, 0.717) is 11.3 Å². The normalized spacial score (nSPS) is 11.0. The zero-order valence-corrected chi connectivity index (χ0v) is 20.5. The van der Waals surface area contributed by atoms with Crippen LogP contribution in [0.2, 0.25) is 0 Å². The number of benzene rings is 2. The summed E-state index contributed by atoms with van der Waals surface area (Å²) < 4.78 is 2.18. The lowest BCUT2D eigenvalue weighted by atomic mass is 10.1. The van der Waals surface area contributed by atoms with Crippen LogP contribution < -0.4 is 16.6 Å². The predicted octanol–water partition coefficient (Wildman–Crippen LogP) is 2.90. The van der Waals surface area contributed by atoms with E-state index in [1.54, 1.807) is 0 Å². The molecule has 0 saturated heterocycles. The number of nitrogens with zero attached hydrogens (tertiary/aromatic N) is 5. The largest absolute Gasteiger partial charge is 0.332 e. The minimum atomic E-state index is -0.582. The molecule has 0 aliphatic carbocycles. The Bertz CT molecular complexity index is 1590. The molecule has 0 atom stereocenters. The summed E-state index contributed by atoms with van der Waals surface area (Å²) in [4.78, 5) is 57.5. The molecule has 0 fully saturated rings. The molecule has 4 aromatic rings. The first kappa shape index (κ1) is 24.8. The van der Waals surface area contributed by atoms with Crippen molar-refractivity contribution in [2.24, 2.45) is 14.1 Å². The third kappa shape index (κ3) is 4.89. The number of aromatic nitrogens is 4. The monoisotopic (exact) mass is 506 g/mol. The van der Waals surface area contributed by atoms with Crippen molar-refractivity contribution < 1.29 is 9.72 Å². The molecule has 2 aromatic heterocycles. The molecular formula is C24H22N6O5S. The average molecular weight is 507 g/mol. The topological polar surface area (TPSA) is 142 Å². The Morgan fingerprint density at radius 1 is 1.03 bits per heavy atom. The van der Waals surface area contributed by atoms with Gasteiger partial charge in [0.2, 0.25) is 5.91 Å². The van der Waals surface area contributed by atoms with Crippen molar-refractivity contribution in [1.82, 2.24) is 19.1 Å². The molecule has 1 N–H and O–H groups in total. The molecule has 0 saturated carbocycles. The lowest BCUT2D eigenvalue weighted by Gasteiger charge is -2.12. The Morgan fingerprint density at radius 3 is 2.31 bits per heavy atom. The highest BCUT2D eigenvalue weighted by atomic mass is 32.2. The summed E-state index contributed by atoms with van der Waals surface area (Å²) >= 11 is 1.04. The van der Waals surface area contributed by atoms with Crippen LogP contribution in [-0.4, -0.2) is 35.7 Å². The Balaban J connectivity index is 1.72. The van der Waals surface area contributed by atoms with Gasteiger partial charge in [-0.1, -0.05) is 30.8 Å². The van der Waals surface area contributed by atoms with E-state index in [2.05, 4.69) is 15.3 Å². The first-order valence-electron chi connectivity index (χ1n) is 10.9. The highest BCUT2D eigenvalue weighted by molar-refractivity contribution is 8.00. The van der Waals surface area contributed by atoms with E-state index in [9.17, 15) is 24.5 Å². The molecular weight excluding hydrogens is 484 g/mol. The molecule has 0 unspecified atom stereocenters. The van der Waals surface area contributed by atoms with Crippen LogP contribution in [-0.2, 0) is 25.3 Å². The number of amides is 1. The highest BCUT2D eigenvalue weighted by Gasteiger charge is 2.19. The fraction of sp³-hybridized carbons (Fsp3) is 0.208. The number of anilines is 1. The number of fused-ring (bicyclic) bond motifs is 1. The summed E-state index contributed by atoms with van der Waals surface area (Å²) in [6.45, 7) is 2.04. The van der Waals surface area contributed by atoms with Crippen molar-refractivity contribution in [2.75, 3.05) is 11.1 Å². The van der Waals surface area contributed by atoms with Gasteiger partial charge in [-0.2, -0.15) is 0 Å². The van der Waals surface area contributed by atoms with Gasteiger partial charge in [-0.05, 0) is 36.2 Å². The fourth-order valence-electron chi connectivity index (χ4n) is 3.55. The number of nitrogens with one attached hydrogen (secondary N) is 1. The maximum atomic E-state index is 13.0. The van der Waals surface area contributed by atoms with Crippen LogP contribution in [0.4, 0.5) is 11.4 Å². The number of nitro groups is 1. The van der Waals surface area contributed by atoms with Crippen molar-refractivity contribution in [3.8, 4) is 11.4 Å². The summed E-state index contributed by atoms with van der Waals surface area (Å²) in [7, 11) is 2.84. The molecule has 184 valence electrons. The molecule has 0 aliphatic rings. The van der Waals surface area contributed by atoms with E-state index in [0.717, 1.165) is 28.3 Å². The van der Waals surface area contributed by atoms with Crippen molar-refractivity contribution in [2.45, 2.75) is 18.4 Å². The zero-order chi connectivity index (χ0) is 26.0. The van der Waals surface area contributed by atoms with E-state index < -0.39 is 16.2 Å². The van der Waals surface area contributed by atoms with Crippen LogP contribution >= 0.6 is 11.8 Å². The molecule has 4 rings (SSSR count). The summed E-state index contributed by atoms with van der Waals surface area (Å²) in [5.41, 5.74) is 1.11. The number of nitro benzene ring substituents is 1. The molecule has 0 bridgehead atoms. The Labute approximate surface area is 209 Å². The molecule has 2 heterocycles. The summed E-state index contributed by atoms with van der Waals surface area (Å²) in [5, 5.41) is 14.1. The third-order valence-electron chi connectivity index (χ3n) is 5.59. The highest BCUT2D eigenvalue weighted by Crippen LogP contribution is 2.27. The van der Waals surface area contributed by atoms with Crippen LogP contribution in [0.5, 0.6) is 0 Å². The van der Waals surface area contributed by atoms with Gasteiger partial charge in [-0.25, -0.2) is 14.8 Å². The van der Waals surface area contributed by atoms with Crippen LogP contribution in [0.1, 0.15) is 12.5 Å². The van der Waals surface area contributed by atoms with Gasteiger partial charge in [0.15, 0.2) is 11.5 Å². The number of carbonyl (C=O) groups is 1. The second-order valence-corrected chi connectivity index (χ2v) is 8.91. The van der Waals surface area contributed by atoms with Gasteiger partial charge in [-0.15, -0.1) is 0 Å². The molecule has 36 heavy (non-hydrogen) atoms. The van der Waals surface area contributed by atoms with Crippen molar-refractivity contribution in [3.05, 3.63) is 85.0 Å². The number of rotatable bonds is 7. The first-order chi connectivity index (χ1) is 17.2. The standard InChI is InChI=1S/C24H22N6O5S/c1-4-14-5-9-16(10-6-14)25-18(31)13-36-22-19-21(28(2)24(33)29(3)23(19)32)26-20(27-22)15-7-11-17(12-8-15)30(34)35/h5-12H,4,13H2,1-3H3,(H,25,31). The van der Waals surface area contributed by atoms with Crippen molar-refractivity contribution in [3.63, 3.8) is 0 Å². The van der Waals surface area contributed by atoms with Gasteiger partial charge >= 0.3 is 5.69 Å². The van der Waals surface area contributed by atoms with E-state index in [-0.39, 0.29) is 39.2 Å². The first-order valence-corrected chi connectivity index (χ1v) is 11.9. The van der Waals surface area contributed by atoms with Crippen LogP contribution in [0.25, 0.3) is 22.4 Å². The maximum Gasteiger partial charge on any atom is 0.332 e. The third-order valence-corrected chi connectivity index (χ3v) is 6.56. The molecule has 2 aromatic carbocycles. The minimum absolute atomic E-state index is 0.0483. The second-order valence-electron chi connectivity index (χ2n) is 7.95. The Hall–Kier alpha value is -4.32. The molecule has 11 nitrogen and oxygen atoms in total. The Kier molecular flexibility index (Phi) is 6.97. The van der Waals surface area contributed by atoms with Gasteiger partial charge in [0, 0.05) is 37.5 Å². The summed E-state index contributed by atoms with van der Waals surface area (Å²) in [6.07, 6.45) is 0.888. The predicted molar refractivity (Wildman–Crippen MR) is 137 cm³/mol. The number of thioether (sulfide) groups is 1. The van der Waals surface area contributed by atoms with E-state index >= 15 is 0 Å². The van der Waals surface area contributed by atoms with Gasteiger partial charge in [-0.3, -0.25) is 28.8 Å². The molecule has 1 amide bonds. The van der Waals surface area contributed by atoms with Gasteiger partial charge in [0.05, 0.1) is 10.7 Å².